The minimum atomic E-state index is -0.336. The second kappa shape index (κ2) is 7.91. The van der Waals surface area contributed by atoms with Crippen molar-refractivity contribution in [3.63, 3.8) is 0 Å². The number of methoxy groups -OCH3 is 1. The Bertz CT molecular complexity index is 819. The van der Waals surface area contributed by atoms with Gasteiger partial charge in [0, 0.05) is 18.8 Å². The first kappa shape index (κ1) is 17.8. The summed E-state index contributed by atoms with van der Waals surface area (Å²) in [5.74, 6) is 0.468. The van der Waals surface area contributed by atoms with Crippen LogP contribution in [-0.4, -0.2) is 37.2 Å². The van der Waals surface area contributed by atoms with Crippen LogP contribution in [0.5, 0.6) is 5.75 Å². The first-order valence-corrected chi connectivity index (χ1v) is 8.50. The molecule has 2 aromatic rings. The molecule has 2 amide bonds. The summed E-state index contributed by atoms with van der Waals surface area (Å²) in [5, 5.41) is 2.84. The summed E-state index contributed by atoms with van der Waals surface area (Å²) in [6.07, 6.45) is 0.437. The summed E-state index contributed by atoms with van der Waals surface area (Å²) in [6, 6.07) is 13.3. The highest BCUT2D eigenvalue weighted by atomic mass is 16.5. The molecule has 0 atom stereocenters. The van der Waals surface area contributed by atoms with E-state index in [2.05, 4.69) is 5.32 Å². The first-order valence-electron chi connectivity index (χ1n) is 8.50. The predicted octanol–water partition coefficient (Wildman–Crippen LogP) is 3.14. The van der Waals surface area contributed by atoms with Crippen LogP contribution in [0.4, 0.5) is 10.5 Å². The smallest absolute Gasteiger partial charge is 0.409 e. The number of amides is 2. The maximum atomic E-state index is 12.2. The van der Waals surface area contributed by atoms with Gasteiger partial charge < -0.3 is 19.7 Å². The number of fused-ring (bicyclic) bond motifs is 1. The van der Waals surface area contributed by atoms with Gasteiger partial charge in [0.1, 0.15) is 5.75 Å². The number of carbonyl (C=O) groups is 2. The Morgan fingerprint density at radius 3 is 2.73 bits per heavy atom. The maximum absolute atomic E-state index is 12.2. The minimum Gasteiger partial charge on any atom is -0.483 e. The number of benzene rings is 2. The molecular formula is C20H22N2O4. The third kappa shape index (κ3) is 4.14. The second-order valence-electron chi connectivity index (χ2n) is 6.23. The van der Waals surface area contributed by atoms with Crippen LogP contribution in [0.3, 0.4) is 0 Å². The van der Waals surface area contributed by atoms with Crippen LogP contribution in [0.25, 0.3) is 0 Å². The van der Waals surface area contributed by atoms with Gasteiger partial charge in [-0.15, -0.1) is 0 Å². The average molecular weight is 354 g/mol. The molecule has 1 aliphatic rings. The normalized spacial score (nSPS) is 12.9. The summed E-state index contributed by atoms with van der Waals surface area (Å²) in [6.45, 7) is 2.99. The number of carbonyl (C=O) groups excluding carboxylic acids is 2. The lowest BCUT2D eigenvalue weighted by molar-refractivity contribution is -0.118. The highest BCUT2D eigenvalue weighted by Crippen LogP contribution is 2.23. The fourth-order valence-electron chi connectivity index (χ4n) is 2.98. The van der Waals surface area contributed by atoms with E-state index in [9.17, 15) is 9.59 Å². The molecule has 0 bridgehead atoms. The zero-order chi connectivity index (χ0) is 18.5. The second-order valence-corrected chi connectivity index (χ2v) is 6.23. The minimum absolute atomic E-state index is 0.0593. The molecule has 136 valence electrons. The molecular weight excluding hydrogens is 332 g/mol. The Hall–Kier alpha value is -3.02. The number of anilines is 1. The quantitative estimate of drug-likeness (QED) is 0.916. The molecule has 6 nitrogen and oxygen atoms in total. The van der Waals surface area contributed by atoms with E-state index in [1.54, 1.807) is 4.90 Å². The molecule has 0 unspecified atom stereocenters. The first-order chi connectivity index (χ1) is 12.6. The zero-order valence-electron chi connectivity index (χ0n) is 15.0. The maximum Gasteiger partial charge on any atom is 0.409 e. The van der Waals surface area contributed by atoms with Crippen LogP contribution in [-0.2, 0) is 22.5 Å². The standard InChI is InChI=1S/C20H22N2O4/c1-14-5-3-4-6-18(14)26-13-19(23)21-17-8-7-15-9-10-22(20(24)25-2)12-16(15)11-17/h3-8,11H,9-10,12-13H2,1-2H3,(H,21,23). The molecule has 0 saturated heterocycles. The van der Waals surface area contributed by atoms with Gasteiger partial charge in [0.25, 0.3) is 5.91 Å². The fourth-order valence-corrected chi connectivity index (χ4v) is 2.98. The molecule has 0 aliphatic carbocycles. The molecule has 2 aromatic carbocycles. The van der Waals surface area contributed by atoms with Crippen molar-refractivity contribution in [1.82, 2.24) is 4.90 Å². The van der Waals surface area contributed by atoms with E-state index >= 15 is 0 Å². The lowest BCUT2D eigenvalue weighted by atomic mass is 9.99. The van der Waals surface area contributed by atoms with Crippen molar-refractivity contribution < 1.29 is 19.1 Å². The molecule has 1 N–H and O–H groups in total. The van der Waals surface area contributed by atoms with Crippen molar-refractivity contribution in [3.05, 3.63) is 59.2 Å². The number of hydrogen-bond donors (Lipinski definition) is 1. The highest BCUT2D eigenvalue weighted by molar-refractivity contribution is 5.92. The van der Waals surface area contributed by atoms with Crippen LogP contribution in [0.15, 0.2) is 42.5 Å². The number of para-hydroxylation sites is 1. The van der Waals surface area contributed by atoms with Gasteiger partial charge in [0.15, 0.2) is 6.61 Å². The SMILES string of the molecule is COC(=O)N1CCc2ccc(NC(=O)COc3ccccc3C)cc2C1. The van der Waals surface area contributed by atoms with Gasteiger partial charge in [-0.3, -0.25) is 4.79 Å². The van der Waals surface area contributed by atoms with Gasteiger partial charge in [-0.05, 0) is 48.2 Å². The largest absolute Gasteiger partial charge is 0.483 e. The Kier molecular flexibility index (Phi) is 5.41. The zero-order valence-corrected chi connectivity index (χ0v) is 15.0. The molecule has 26 heavy (non-hydrogen) atoms. The fraction of sp³-hybridized carbons (Fsp3) is 0.300. The number of ether oxygens (including phenoxy) is 2. The lowest BCUT2D eigenvalue weighted by Gasteiger charge is -2.28. The van der Waals surface area contributed by atoms with E-state index in [0.29, 0.717) is 24.5 Å². The van der Waals surface area contributed by atoms with Crippen molar-refractivity contribution in [3.8, 4) is 5.75 Å². The third-order valence-corrected chi connectivity index (χ3v) is 4.39. The van der Waals surface area contributed by atoms with Crippen LogP contribution in [0.1, 0.15) is 16.7 Å². The molecule has 1 heterocycles. The highest BCUT2D eigenvalue weighted by Gasteiger charge is 2.21. The third-order valence-electron chi connectivity index (χ3n) is 4.39. The van der Waals surface area contributed by atoms with E-state index < -0.39 is 0 Å². The van der Waals surface area contributed by atoms with Crippen molar-refractivity contribution >= 4 is 17.7 Å². The average Bonchev–Trinajstić information content (AvgIpc) is 2.66. The number of aryl methyl sites for hydroxylation is 1. The summed E-state index contributed by atoms with van der Waals surface area (Å²) in [5.41, 5.74) is 3.87. The van der Waals surface area contributed by atoms with Crippen molar-refractivity contribution in [2.24, 2.45) is 0 Å². The molecule has 6 heteroatoms. The van der Waals surface area contributed by atoms with Gasteiger partial charge in [0.05, 0.1) is 7.11 Å². The summed E-state index contributed by atoms with van der Waals surface area (Å²) < 4.78 is 10.3. The Morgan fingerprint density at radius 2 is 1.96 bits per heavy atom. The molecule has 0 aromatic heterocycles. The summed E-state index contributed by atoms with van der Waals surface area (Å²) >= 11 is 0. The molecule has 0 radical (unpaired) electrons. The molecule has 1 aliphatic heterocycles. The van der Waals surface area contributed by atoms with Crippen molar-refractivity contribution in [2.75, 3.05) is 25.6 Å². The van der Waals surface area contributed by atoms with Crippen molar-refractivity contribution in [2.45, 2.75) is 19.9 Å². The van der Waals surface area contributed by atoms with Crippen LogP contribution < -0.4 is 10.1 Å². The Morgan fingerprint density at radius 1 is 1.15 bits per heavy atom. The van der Waals surface area contributed by atoms with E-state index in [1.165, 1.54) is 12.7 Å². The van der Waals surface area contributed by atoms with Gasteiger partial charge in [-0.1, -0.05) is 24.3 Å². The predicted molar refractivity (Wildman–Crippen MR) is 98.3 cm³/mol. The summed E-state index contributed by atoms with van der Waals surface area (Å²) in [7, 11) is 1.38. The topological polar surface area (TPSA) is 67.9 Å². The Balaban J connectivity index is 1.61. The number of nitrogens with zero attached hydrogens (tertiary/aromatic N) is 1. The van der Waals surface area contributed by atoms with Gasteiger partial charge >= 0.3 is 6.09 Å². The van der Waals surface area contributed by atoms with Gasteiger partial charge in [0.2, 0.25) is 0 Å². The van der Waals surface area contributed by atoms with Crippen LogP contribution in [0.2, 0.25) is 0 Å². The van der Waals surface area contributed by atoms with Crippen LogP contribution in [0, 0.1) is 6.92 Å². The van der Waals surface area contributed by atoms with Crippen LogP contribution >= 0.6 is 0 Å². The molecule has 3 rings (SSSR count). The van der Waals surface area contributed by atoms with Crippen molar-refractivity contribution in [1.29, 1.82) is 0 Å². The van der Waals surface area contributed by atoms with E-state index in [0.717, 1.165) is 17.5 Å². The number of rotatable bonds is 4. The van der Waals surface area contributed by atoms with E-state index in [4.69, 9.17) is 9.47 Å². The van der Waals surface area contributed by atoms with Gasteiger partial charge in [-0.2, -0.15) is 0 Å². The van der Waals surface area contributed by atoms with Gasteiger partial charge in [-0.25, -0.2) is 4.79 Å². The van der Waals surface area contributed by atoms with E-state index in [-0.39, 0.29) is 18.6 Å². The lowest BCUT2D eigenvalue weighted by Crippen LogP contribution is -2.35. The molecule has 0 saturated carbocycles. The number of nitrogens with one attached hydrogen (secondary N) is 1. The Labute approximate surface area is 152 Å². The summed E-state index contributed by atoms with van der Waals surface area (Å²) in [4.78, 5) is 25.5. The molecule has 0 fully saturated rings. The monoisotopic (exact) mass is 354 g/mol. The number of hydrogen-bond acceptors (Lipinski definition) is 4. The van der Waals surface area contributed by atoms with E-state index in [1.807, 2.05) is 49.4 Å². The molecule has 0 spiro atoms.